The first-order valence-corrected chi connectivity index (χ1v) is 10.7. The van der Waals surface area contributed by atoms with Gasteiger partial charge in [-0.3, -0.25) is 4.57 Å². The first kappa shape index (κ1) is 21.7. The van der Waals surface area contributed by atoms with Crippen LogP contribution in [-0.2, 0) is 4.74 Å². The van der Waals surface area contributed by atoms with Gasteiger partial charge in [0.1, 0.15) is 0 Å². The molecule has 4 rings (SSSR count). The first-order chi connectivity index (χ1) is 13.1. The molecule has 1 aliphatic carbocycles. The number of piperidine rings is 1. The van der Waals surface area contributed by atoms with Crippen LogP contribution >= 0.6 is 24.0 Å². The van der Waals surface area contributed by atoms with Crippen molar-refractivity contribution < 1.29 is 4.74 Å². The van der Waals surface area contributed by atoms with E-state index < -0.39 is 0 Å². The molecular formula is C21H31Cl2N3O2. The summed E-state index contributed by atoms with van der Waals surface area (Å²) in [5.41, 5.74) is 2.83. The molecule has 0 atom stereocenters. The van der Waals surface area contributed by atoms with Gasteiger partial charge >= 0.3 is 5.69 Å². The van der Waals surface area contributed by atoms with Crippen LogP contribution in [0.15, 0.2) is 16.9 Å². The summed E-state index contributed by atoms with van der Waals surface area (Å²) in [5.74, 6) is 0. The zero-order valence-electron chi connectivity index (χ0n) is 16.7. The van der Waals surface area contributed by atoms with E-state index in [0.717, 1.165) is 49.1 Å². The van der Waals surface area contributed by atoms with E-state index in [-0.39, 0.29) is 24.1 Å². The third-order valence-electron chi connectivity index (χ3n) is 6.42. The maximum Gasteiger partial charge on any atom is 0.326 e. The lowest BCUT2D eigenvalue weighted by molar-refractivity contribution is 0.00796. The number of ether oxygens (including phenoxy) is 1. The van der Waals surface area contributed by atoms with Crippen LogP contribution in [0.5, 0.6) is 0 Å². The van der Waals surface area contributed by atoms with Crippen LogP contribution in [0, 0.1) is 6.92 Å². The highest BCUT2D eigenvalue weighted by Gasteiger charge is 2.30. The van der Waals surface area contributed by atoms with Gasteiger partial charge in [0.25, 0.3) is 0 Å². The Morgan fingerprint density at radius 3 is 2.43 bits per heavy atom. The van der Waals surface area contributed by atoms with Gasteiger partial charge in [-0.1, -0.05) is 11.6 Å². The number of H-pyrrole nitrogens is 1. The summed E-state index contributed by atoms with van der Waals surface area (Å²) in [7, 11) is 0. The topological polar surface area (TPSA) is 50.3 Å². The van der Waals surface area contributed by atoms with Crippen LogP contribution < -0.4 is 5.69 Å². The Morgan fingerprint density at radius 1 is 1.11 bits per heavy atom. The van der Waals surface area contributed by atoms with Gasteiger partial charge in [-0.25, -0.2) is 4.79 Å². The average molecular weight is 428 g/mol. The van der Waals surface area contributed by atoms with Crippen LogP contribution in [0.3, 0.4) is 0 Å². The van der Waals surface area contributed by atoms with Crippen molar-refractivity contribution in [2.75, 3.05) is 19.7 Å². The maximum absolute atomic E-state index is 12.6. The van der Waals surface area contributed by atoms with Gasteiger partial charge < -0.3 is 14.6 Å². The normalized spacial score (nSPS) is 24.4. The number of nitrogens with one attached hydrogen (secondary N) is 1. The minimum atomic E-state index is -0.0117. The van der Waals surface area contributed by atoms with Gasteiger partial charge in [-0.2, -0.15) is 0 Å². The minimum absolute atomic E-state index is 0. The molecule has 5 nitrogen and oxygen atoms in total. The number of aryl methyl sites for hydroxylation is 1. The molecule has 2 aromatic rings. The zero-order valence-corrected chi connectivity index (χ0v) is 18.3. The monoisotopic (exact) mass is 427 g/mol. The fraction of sp³-hybridized carbons (Fsp3) is 0.667. The number of halogens is 2. The zero-order chi connectivity index (χ0) is 19.0. The van der Waals surface area contributed by atoms with Crippen LogP contribution in [0.25, 0.3) is 11.0 Å². The van der Waals surface area contributed by atoms with Gasteiger partial charge in [-0.15, -0.1) is 12.4 Å². The summed E-state index contributed by atoms with van der Waals surface area (Å²) in [4.78, 5) is 18.2. The molecule has 1 saturated carbocycles. The van der Waals surface area contributed by atoms with Crippen molar-refractivity contribution >= 4 is 35.0 Å². The third kappa shape index (κ3) is 4.28. The molecule has 0 radical (unpaired) electrons. The summed E-state index contributed by atoms with van der Waals surface area (Å²) in [6, 6.07) is 4.86. The van der Waals surface area contributed by atoms with Crippen molar-refractivity contribution in [2.45, 2.75) is 70.6 Å². The Balaban J connectivity index is 0.00000225. The average Bonchev–Trinajstić information content (AvgIpc) is 2.98. The van der Waals surface area contributed by atoms with E-state index in [4.69, 9.17) is 16.3 Å². The van der Waals surface area contributed by atoms with Gasteiger partial charge in [0.2, 0.25) is 0 Å². The lowest BCUT2D eigenvalue weighted by Crippen LogP contribution is -2.45. The molecule has 7 heteroatoms. The number of likely N-dealkylation sites (tertiary alicyclic amines) is 1. The highest BCUT2D eigenvalue weighted by atomic mass is 35.5. The maximum atomic E-state index is 12.6. The second kappa shape index (κ2) is 9.21. The van der Waals surface area contributed by atoms with Crippen LogP contribution in [0.1, 0.15) is 57.1 Å². The number of aromatic amines is 1. The predicted octanol–water partition coefficient (Wildman–Crippen LogP) is 4.70. The predicted molar refractivity (Wildman–Crippen MR) is 117 cm³/mol. The van der Waals surface area contributed by atoms with E-state index in [1.54, 1.807) is 0 Å². The van der Waals surface area contributed by atoms with Gasteiger partial charge in [0.15, 0.2) is 0 Å². The third-order valence-corrected chi connectivity index (χ3v) is 6.83. The summed E-state index contributed by atoms with van der Waals surface area (Å²) in [6.07, 6.45) is 7.35. The number of aromatic nitrogens is 2. The quantitative estimate of drug-likeness (QED) is 0.768. The molecule has 0 amide bonds. The molecule has 1 N–H and O–H groups in total. The van der Waals surface area contributed by atoms with E-state index in [2.05, 4.69) is 16.8 Å². The van der Waals surface area contributed by atoms with Gasteiger partial charge in [-0.05, 0) is 70.1 Å². The number of fused-ring (bicyclic) bond motifs is 1. The molecular weight excluding hydrogens is 397 g/mol. The Bertz CT molecular complexity index is 847. The number of benzene rings is 1. The molecule has 1 saturated heterocycles. The molecule has 1 aromatic heterocycles. The first-order valence-electron chi connectivity index (χ1n) is 10.3. The molecule has 1 aliphatic heterocycles. The molecule has 0 spiro atoms. The molecule has 2 heterocycles. The smallest absolute Gasteiger partial charge is 0.326 e. The Labute approximate surface area is 177 Å². The van der Waals surface area contributed by atoms with Crippen molar-refractivity contribution in [1.82, 2.24) is 14.5 Å². The van der Waals surface area contributed by atoms with Crippen LogP contribution in [0.4, 0.5) is 0 Å². The van der Waals surface area contributed by atoms with E-state index in [1.165, 1.54) is 25.7 Å². The SMILES string of the molecule is CCO[C@H]1CC[C@H](N2CCC(n3c(=O)[nH]c4cc(Cl)c(C)cc43)CC2)CC1.Cl. The molecule has 0 unspecified atom stereocenters. The second-order valence-electron chi connectivity index (χ2n) is 8.07. The summed E-state index contributed by atoms with van der Waals surface area (Å²) >= 11 is 6.22. The summed E-state index contributed by atoms with van der Waals surface area (Å²) in [5, 5.41) is 0.702. The summed E-state index contributed by atoms with van der Waals surface area (Å²) < 4.78 is 7.75. The fourth-order valence-electron chi connectivity index (χ4n) is 4.93. The van der Waals surface area contributed by atoms with E-state index >= 15 is 0 Å². The minimum Gasteiger partial charge on any atom is -0.379 e. The highest BCUT2D eigenvalue weighted by molar-refractivity contribution is 6.32. The van der Waals surface area contributed by atoms with Crippen molar-refractivity contribution in [3.63, 3.8) is 0 Å². The molecule has 156 valence electrons. The molecule has 1 aromatic carbocycles. The standard InChI is InChI=1S/C21H30ClN3O2.ClH/c1-3-27-17-6-4-15(5-7-17)24-10-8-16(9-11-24)25-20-12-14(2)18(22)13-19(20)23-21(25)26;/h12-13,15-17H,3-11H2,1-2H3,(H,23,26);1H/t15-,17-;. The largest absolute Gasteiger partial charge is 0.379 e. The van der Waals surface area contributed by atoms with Crippen LogP contribution in [-0.4, -0.2) is 46.3 Å². The summed E-state index contributed by atoms with van der Waals surface area (Å²) in [6.45, 7) is 7.04. The van der Waals surface area contributed by atoms with Crippen molar-refractivity contribution in [2.24, 2.45) is 0 Å². The Hall–Kier alpha value is -1.01. The molecule has 0 bridgehead atoms. The second-order valence-corrected chi connectivity index (χ2v) is 8.48. The van der Waals surface area contributed by atoms with Crippen molar-refractivity contribution in [3.05, 3.63) is 33.2 Å². The number of imidazole rings is 1. The van der Waals surface area contributed by atoms with E-state index in [0.29, 0.717) is 17.2 Å². The Kier molecular flexibility index (Phi) is 7.13. The molecule has 28 heavy (non-hydrogen) atoms. The van der Waals surface area contributed by atoms with E-state index in [1.807, 2.05) is 23.6 Å². The van der Waals surface area contributed by atoms with Crippen molar-refractivity contribution in [3.8, 4) is 0 Å². The highest BCUT2D eigenvalue weighted by Crippen LogP contribution is 2.31. The number of hydrogen-bond acceptors (Lipinski definition) is 3. The van der Waals surface area contributed by atoms with E-state index in [9.17, 15) is 4.79 Å². The Morgan fingerprint density at radius 2 is 1.79 bits per heavy atom. The van der Waals surface area contributed by atoms with Crippen LogP contribution in [0.2, 0.25) is 5.02 Å². The van der Waals surface area contributed by atoms with Gasteiger partial charge in [0.05, 0.1) is 17.1 Å². The number of nitrogens with zero attached hydrogens (tertiary/aromatic N) is 2. The lowest BCUT2D eigenvalue weighted by Gasteiger charge is -2.41. The molecule has 2 fully saturated rings. The fourth-order valence-corrected chi connectivity index (χ4v) is 5.10. The van der Waals surface area contributed by atoms with Crippen molar-refractivity contribution in [1.29, 1.82) is 0 Å². The number of rotatable bonds is 4. The lowest BCUT2D eigenvalue weighted by atomic mass is 9.90. The van der Waals surface area contributed by atoms with Gasteiger partial charge in [0, 0.05) is 36.8 Å². The number of hydrogen-bond donors (Lipinski definition) is 1. The molecule has 2 aliphatic rings.